The maximum Gasteiger partial charge on any atom is 0.313 e. The highest BCUT2D eigenvalue weighted by atomic mass is 32.2. The summed E-state index contributed by atoms with van der Waals surface area (Å²) in [6, 6.07) is 12.5. The van der Waals surface area contributed by atoms with Crippen molar-refractivity contribution in [2.45, 2.75) is 31.5 Å². The Kier molecular flexibility index (Phi) is 3.85. The van der Waals surface area contributed by atoms with E-state index in [1.165, 1.54) is 23.8 Å². The summed E-state index contributed by atoms with van der Waals surface area (Å²) < 4.78 is 0. The molecule has 1 atom stereocenters. The van der Waals surface area contributed by atoms with Gasteiger partial charge in [-0.15, -0.1) is 0 Å². The van der Waals surface area contributed by atoms with Crippen LogP contribution in [0.25, 0.3) is 10.8 Å². The molecule has 0 aromatic heterocycles. The van der Waals surface area contributed by atoms with E-state index >= 15 is 0 Å². The van der Waals surface area contributed by atoms with Crippen LogP contribution < -0.4 is 16.1 Å². The molecule has 2 aliphatic rings. The van der Waals surface area contributed by atoms with Crippen LogP contribution in [0, 0.1) is 0 Å². The fraction of sp³-hybridized carbons (Fsp3) is 0.333. The van der Waals surface area contributed by atoms with Crippen LogP contribution in [0.1, 0.15) is 31.2 Å². The number of anilines is 1. The van der Waals surface area contributed by atoms with Gasteiger partial charge in [0.25, 0.3) is 0 Å². The molecule has 4 N–H and O–H groups in total. The Morgan fingerprint density at radius 1 is 1.36 bits per heavy atom. The van der Waals surface area contributed by atoms with Crippen LogP contribution in [-0.4, -0.2) is 27.8 Å². The van der Waals surface area contributed by atoms with Crippen molar-refractivity contribution in [2.75, 3.05) is 10.7 Å². The summed E-state index contributed by atoms with van der Waals surface area (Å²) in [5.41, 5.74) is 11.6. The topological polar surface area (TPSA) is 90.9 Å². The predicted molar refractivity (Wildman–Crippen MR) is 102 cm³/mol. The second kappa shape index (κ2) is 5.93. The Labute approximate surface area is 150 Å². The van der Waals surface area contributed by atoms with E-state index in [4.69, 9.17) is 10.8 Å². The van der Waals surface area contributed by atoms with Gasteiger partial charge in [0.05, 0.1) is 11.4 Å². The minimum atomic E-state index is -0.912. The van der Waals surface area contributed by atoms with Gasteiger partial charge in [0.2, 0.25) is 0 Å². The van der Waals surface area contributed by atoms with Crippen molar-refractivity contribution < 1.29 is 9.90 Å². The molecule has 4 rings (SSSR count). The van der Waals surface area contributed by atoms with Crippen molar-refractivity contribution in [2.24, 2.45) is 10.8 Å². The lowest BCUT2D eigenvalue weighted by Gasteiger charge is -2.33. The number of aliphatic carboxylic acids is 1. The van der Waals surface area contributed by atoms with Crippen LogP contribution in [0.15, 0.2) is 41.5 Å². The molecular formula is C18H20N4O2S. The highest BCUT2D eigenvalue weighted by Gasteiger charge is 2.38. The number of nitrogens with one attached hydrogen (secondary N) is 1. The molecule has 7 heteroatoms. The van der Waals surface area contributed by atoms with Crippen LogP contribution in [-0.2, 0) is 4.79 Å². The molecule has 25 heavy (non-hydrogen) atoms. The molecule has 1 aliphatic heterocycles. The van der Waals surface area contributed by atoms with E-state index in [9.17, 15) is 4.79 Å². The number of hydrogen-bond donors (Lipinski definition) is 3. The molecule has 2 aromatic rings. The van der Waals surface area contributed by atoms with Gasteiger partial charge in [-0.2, -0.15) is 5.10 Å². The molecule has 1 unspecified atom stereocenters. The molecule has 1 fully saturated rings. The van der Waals surface area contributed by atoms with E-state index < -0.39 is 11.8 Å². The number of benzene rings is 2. The molecule has 130 valence electrons. The third-order valence-corrected chi connectivity index (χ3v) is 5.47. The Hall–Kier alpha value is -2.25. The number of carboxylic acid groups (broad SMARTS) is 1. The van der Waals surface area contributed by atoms with Crippen LogP contribution in [0.5, 0.6) is 0 Å². The first-order valence-corrected chi connectivity index (χ1v) is 9.26. The maximum atomic E-state index is 11.0. The van der Waals surface area contributed by atoms with Crippen molar-refractivity contribution in [3.63, 3.8) is 0 Å². The summed E-state index contributed by atoms with van der Waals surface area (Å²) in [6.07, 6.45) is 2.48. The first-order chi connectivity index (χ1) is 12.0. The van der Waals surface area contributed by atoms with Gasteiger partial charge >= 0.3 is 5.97 Å². The fourth-order valence-electron chi connectivity index (χ4n) is 3.29. The summed E-state index contributed by atoms with van der Waals surface area (Å²) >= 11 is 1.16. The number of nitrogens with zero attached hydrogens (tertiary/aromatic N) is 2. The standard InChI is InChI=1S/C18H20N4O2S/c1-18(19)21-20-17(25-10-16(23)24)22(18)15-9-8-12(11-6-7-11)13-4-2-3-5-14(13)15/h2-5,8-9,11,21H,6-7,10,19H2,1H3,(H,23,24). The monoisotopic (exact) mass is 356 g/mol. The third kappa shape index (κ3) is 2.94. The average Bonchev–Trinajstić information content (AvgIpc) is 3.37. The van der Waals surface area contributed by atoms with Gasteiger partial charge < -0.3 is 5.11 Å². The van der Waals surface area contributed by atoms with Crippen molar-refractivity contribution in [1.29, 1.82) is 0 Å². The Morgan fingerprint density at radius 2 is 2.08 bits per heavy atom. The molecule has 1 saturated carbocycles. The summed E-state index contributed by atoms with van der Waals surface area (Å²) in [6.45, 7) is 1.83. The number of rotatable bonds is 4. The number of carbonyl (C=O) groups is 1. The third-order valence-electron chi connectivity index (χ3n) is 4.55. The quantitative estimate of drug-likeness (QED) is 0.780. The zero-order chi connectivity index (χ0) is 17.6. The number of carboxylic acids is 1. The fourth-order valence-corrected chi connectivity index (χ4v) is 4.07. The number of fused-ring (bicyclic) bond motifs is 1. The smallest absolute Gasteiger partial charge is 0.313 e. The van der Waals surface area contributed by atoms with Crippen molar-refractivity contribution >= 4 is 39.4 Å². The van der Waals surface area contributed by atoms with Gasteiger partial charge in [-0.25, -0.2) is 0 Å². The summed E-state index contributed by atoms with van der Waals surface area (Å²) in [5, 5.41) is 16.2. The summed E-state index contributed by atoms with van der Waals surface area (Å²) in [4.78, 5) is 12.8. The van der Waals surface area contributed by atoms with E-state index in [0.717, 1.165) is 22.8 Å². The Bertz CT molecular complexity index is 877. The lowest BCUT2D eigenvalue weighted by atomic mass is 9.99. The first kappa shape index (κ1) is 16.2. The lowest BCUT2D eigenvalue weighted by Crippen LogP contribution is -2.59. The van der Waals surface area contributed by atoms with Gasteiger partial charge in [0, 0.05) is 5.39 Å². The van der Waals surface area contributed by atoms with Crippen LogP contribution >= 0.6 is 11.8 Å². The van der Waals surface area contributed by atoms with Crippen LogP contribution in [0.2, 0.25) is 0 Å². The number of hydrazone groups is 1. The van der Waals surface area contributed by atoms with E-state index in [1.807, 2.05) is 17.9 Å². The normalized spacial score (nSPS) is 22.8. The lowest BCUT2D eigenvalue weighted by molar-refractivity contribution is -0.133. The molecule has 0 spiro atoms. The molecule has 0 amide bonds. The maximum absolute atomic E-state index is 11.0. The van der Waals surface area contributed by atoms with Gasteiger partial charge in [-0.3, -0.25) is 20.9 Å². The molecule has 2 aromatic carbocycles. The number of thioether (sulfide) groups is 1. The minimum absolute atomic E-state index is 0.0643. The molecule has 1 aliphatic carbocycles. The number of amidine groups is 1. The van der Waals surface area contributed by atoms with Gasteiger partial charge in [0.15, 0.2) is 11.0 Å². The van der Waals surface area contributed by atoms with E-state index in [0.29, 0.717) is 11.1 Å². The molecule has 0 saturated heterocycles. The van der Waals surface area contributed by atoms with E-state index in [2.05, 4.69) is 40.9 Å². The van der Waals surface area contributed by atoms with Gasteiger partial charge in [-0.05, 0) is 42.7 Å². The van der Waals surface area contributed by atoms with Gasteiger partial charge in [-0.1, -0.05) is 42.1 Å². The van der Waals surface area contributed by atoms with Crippen LogP contribution in [0.4, 0.5) is 5.69 Å². The average molecular weight is 356 g/mol. The zero-order valence-corrected chi connectivity index (χ0v) is 14.7. The molecule has 0 bridgehead atoms. The Balaban J connectivity index is 1.80. The highest BCUT2D eigenvalue weighted by Crippen LogP contribution is 2.45. The van der Waals surface area contributed by atoms with Crippen LogP contribution in [0.3, 0.4) is 0 Å². The van der Waals surface area contributed by atoms with Crippen molar-refractivity contribution in [1.82, 2.24) is 5.43 Å². The van der Waals surface area contributed by atoms with Crippen molar-refractivity contribution in [3.8, 4) is 0 Å². The van der Waals surface area contributed by atoms with E-state index in [1.54, 1.807) is 0 Å². The number of nitrogens with two attached hydrogens (primary N) is 1. The summed E-state index contributed by atoms with van der Waals surface area (Å²) in [7, 11) is 0. The predicted octanol–water partition coefficient (Wildman–Crippen LogP) is 2.85. The number of hydrogen-bond acceptors (Lipinski definition) is 6. The first-order valence-electron chi connectivity index (χ1n) is 8.27. The molecular weight excluding hydrogens is 336 g/mol. The zero-order valence-electron chi connectivity index (χ0n) is 13.9. The molecule has 6 nitrogen and oxygen atoms in total. The Morgan fingerprint density at radius 3 is 2.76 bits per heavy atom. The van der Waals surface area contributed by atoms with E-state index in [-0.39, 0.29) is 5.75 Å². The molecule has 0 radical (unpaired) electrons. The van der Waals surface area contributed by atoms with Crippen molar-refractivity contribution in [3.05, 3.63) is 42.0 Å². The second-order valence-corrected chi connectivity index (χ2v) is 7.61. The SMILES string of the molecule is CC1(N)NN=C(SCC(=O)O)N1c1ccc(C2CC2)c2ccccc12. The highest BCUT2D eigenvalue weighted by molar-refractivity contribution is 8.14. The minimum Gasteiger partial charge on any atom is -0.481 e. The second-order valence-electron chi connectivity index (χ2n) is 6.67. The largest absolute Gasteiger partial charge is 0.481 e. The summed E-state index contributed by atoms with van der Waals surface area (Å²) in [5.74, 6) is -1.21. The molecule has 1 heterocycles. The van der Waals surface area contributed by atoms with Gasteiger partial charge in [0.1, 0.15) is 0 Å².